The van der Waals surface area contributed by atoms with Crippen molar-refractivity contribution in [3.05, 3.63) is 78.9 Å². The maximum atomic E-state index is 5.96. The zero-order valence-electron chi connectivity index (χ0n) is 12.9. The third-order valence-corrected chi connectivity index (χ3v) is 3.88. The molecule has 0 aliphatic heterocycles. The number of aromatic nitrogens is 2. The van der Waals surface area contributed by atoms with E-state index in [1.54, 1.807) is 0 Å². The third-order valence-electron chi connectivity index (χ3n) is 3.88. The summed E-state index contributed by atoms with van der Waals surface area (Å²) in [5, 5.41) is 2.34. The van der Waals surface area contributed by atoms with Crippen LogP contribution < -0.4 is 5.73 Å². The molecule has 4 heteroatoms. The lowest BCUT2D eigenvalue weighted by atomic mass is 10.0. The van der Waals surface area contributed by atoms with E-state index in [1.165, 1.54) is 5.39 Å². The molecule has 24 heavy (non-hydrogen) atoms. The Hall–Kier alpha value is -2.91. The van der Waals surface area contributed by atoms with Gasteiger partial charge in [-0.15, -0.1) is 12.4 Å². The van der Waals surface area contributed by atoms with Crippen molar-refractivity contribution in [3.8, 4) is 22.5 Å². The number of nitrogens with two attached hydrogens (primary N) is 1. The second-order valence-electron chi connectivity index (χ2n) is 5.39. The van der Waals surface area contributed by atoms with Gasteiger partial charge in [0, 0.05) is 11.1 Å². The number of rotatable bonds is 2. The number of benzene rings is 3. The van der Waals surface area contributed by atoms with Gasteiger partial charge in [-0.05, 0) is 16.8 Å². The highest BCUT2D eigenvalue weighted by Gasteiger charge is 2.09. The quantitative estimate of drug-likeness (QED) is 0.563. The smallest absolute Gasteiger partial charge is 0.221 e. The van der Waals surface area contributed by atoms with E-state index in [0.29, 0.717) is 0 Å². The van der Waals surface area contributed by atoms with Crippen LogP contribution in [0.25, 0.3) is 33.3 Å². The van der Waals surface area contributed by atoms with Gasteiger partial charge in [-0.25, -0.2) is 9.97 Å². The van der Waals surface area contributed by atoms with Crippen molar-refractivity contribution in [3.63, 3.8) is 0 Å². The molecule has 1 aromatic heterocycles. The van der Waals surface area contributed by atoms with Crippen LogP contribution >= 0.6 is 12.4 Å². The fraction of sp³-hybridized carbons (Fsp3) is 0. The van der Waals surface area contributed by atoms with Gasteiger partial charge in [0.1, 0.15) is 0 Å². The molecule has 0 spiro atoms. The Kier molecular flexibility index (Phi) is 4.45. The lowest BCUT2D eigenvalue weighted by molar-refractivity contribution is 1.19. The summed E-state index contributed by atoms with van der Waals surface area (Å²) < 4.78 is 0. The van der Waals surface area contributed by atoms with Gasteiger partial charge in [0.25, 0.3) is 0 Å². The van der Waals surface area contributed by atoms with E-state index in [1.807, 2.05) is 54.6 Å². The van der Waals surface area contributed by atoms with Crippen LogP contribution in [-0.2, 0) is 0 Å². The molecule has 4 rings (SSSR count). The summed E-state index contributed by atoms with van der Waals surface area (Å²) in [6.45, 7) is 0. The highest BCUT2D eigenvalue weighted by Crippen LogP contribution is 2.30. The molecule has 0 amide bonds. The predicted octanol–water partition coefficient (Wildman–Crippen LogP) is 4.97. The minimum atomic E-state index is 0. The second-order valence-corrected chi connectivity index (χ2v) is 5.39. The van der Waals surface area contributed by atoms with Crippen molar-refractivity contribution >= 4 is 29.1 Å². The van der Waals surface area contributed by atoms with Crippen molar-refractivity contribution in [2.45, 2.75) is 0 Å². The normalized spacial score (nSPS) is 10.3. The van der Waals surface area contributed by atoms with E-state index < -0.39 is 0 Å². The van der Waals surface area contributed by atoms with Crippen molar-refractivity contribution in [2.24, 2.45) is 0 Å². The molecule has 0 unspecified atom stereocenters. The summed E-state index contributed by atoms with van der Waals surface area (Å²) in [6, 6.07) is 26.5. The molecule has 0 saturated heterocycles. The molecule has 3 aromatic carbocycles. The maximum Gasteiger partial charge on any atom is 0.221 e. The van der Waals surface area contributed by atoms with Gasteiger partial charge in [-0.1, -0.05) is 72.8 Å². The third kappa shape index (κ3) is 2.94. The Morgan fingerprint density at radius 3 is 2.17 bits per heavy atom. The Labute approximate surface area is 146 Å². The number of hydrogen-bond donors (Lipinski definition) is 1. The molecule has 1 heterocycles. The average Bonchev–Trinajstić information content (AvgIpc) is 2.61. The van der Waals surface area contributed by atoms with Crippen molar-refractivity contribution < 1.29 is 0 Å². The van der Waals surface area contributed by atoms with Crippen LogP contribution in [0.4, 0.5) is 5.95 Å². The Morgan fingerprint density at radius 2 is 1.33 bits per heavy atom. The van der Waals surface area contributed by atoms with Crippen LogP contribution in [0.1, 0.15) is 0 Å². The second kappa shape index (κ2) is 6.69. The largest absolute Gasteiger partial charge is 0.368 e. The summed E-state index contributed by atoms with van der Waals surface area (Å²) in [7, 11) is 0. The monoisotopic (exact) mass is 333 g/mol. The first kappa shape index (κ1) is 16.0. The van der Waals surface area contributed by atoms with E-state index in [4.69, 9.17) is 5.73 Å². The van der Waals surface area contributed by atoms with Crippen LogP contribution in [0.2, 0.25) is 0 Å². The number of nitrogen functional groups attached to an aromatic ring is 1. The van der Waals surface area contributed by atoms with E-state index in [0.717, 1.165) is 27.9 Å². The average molecular weight is 334 g/mol. The molecular weight excluding hydrogens is 318 g/mol. The Morgan fingerprint density at radius 1 is 0.667 bits per heavy atom. The minimum Gasteiger partial charge on any atom is -0.368 e. The number of halogens is 1. The first-order chi connectivity index (χ1) is 11.3. The fourth-order valence-corrected chi connectivity index (χ4v) is 2.81. The van der Waals surface area contributed by atoms with Crippen LogP contribution in [0, 0.1) is 0 Å². The van der Waals surface area contributed by atoms with E-state index in [9.17, 15) is 0 Å². The Bertz CT molecular complexity index is 979. The molecule has 4 aromatic rings. The van der Waals surface area contributed by atoms with Gasteiger partial charge in [0.15, 0.2) is 0 Å². The number of fused-ring (bicyclic) bond motifs is 1. The highest BCUT2D eigenvalue weighted by atomic mass is 35.5. The minimum absolute atomic E-state index is 0. The van der Waals surface area contributed by atoms with E-state index in [-0.39, 0.29) is 18.4 Å². The summed E-state index contributed by atoms with van der Waals surface area (Å²) in [6.07, 6.45) is 0. The number of hydrogen-bond acceptors (Lipinski definition) is 3. The zero-order valence-corrected chi connectivity index (χ0v) is 13.7. The standard InChI is InChI=1S/C20H15N3.ClH/c21-20-22-18(15-8-2-1-3-9-15)13-19(23-20)17-12-6-10-14-7-4-5-11-16(14)17;/h1-13H,(H2,21,22,23);1H. The van der Waals surface area contributed by atoms with Gasteiger partial charge in [0.2, 0.25) is 5.95 Å². The van der Waals surface area contributed by atoms with Gasteiger partial charge in [0.05, 0.1) is 11.4 Å². The zero-order chi connectivity index (χ0) is 15.6. The highest BCUT2D eigenvalue weighted by molar-refractivity contribution is 5.96. The van der Waals surface area contributed by atoms with E-state index in [2.05, 4.69) is 34.2 Å². The molecule has 3 nitrogen and oxygen atoms in total. The van der Waals surface area contributed by atoms with Gasteiger partial charge < -0.3 is 5.73 Å². The summed E-state index contributed by atoms with van der Waals surface area (Å²) >= 11 is 0. The lowest BCUT2D eigenvalue weighted by Crippen LogP contribution is -1.98. The first-order valence-electron chi connectivity index (χ1n) is 7.49. The molecule has 0 bridgehead atoms. The summed E-state index contributed by atoms with van der Waals surface area (Å²) in [5.74, 6) is 0.286. The predicted molar refractivity (Wildman–Crippen MR) is 102 cm³/mol. The van der Waals surface area contributed by atoms with Crippen molar-refractivity contribution in [2.75, 3.05) is 5.73 Å². The SMILES string of the molecule is Cl.Nc1nc(-c2ccccc2)cc(-c2cccc3ccccc23)n1. The number of nitrogens with zero attached hydrogens (tertiary/aromatic N) is 2. The summed E-state index contributed by atoms with van der Waals surface area (Å²) in [4.78, 5) is 8.82. The Balaban J connectivity index is 0.00000169. The van der Waals surface area contributed by atoms with Crippen molar-refractivity contribution in [1.29, 1.82) is 0 Å². The van der Waals surface area contributed by atoms with Gasteiger partial charge in [-0.3, -0.25) is 0 Å². The first-order valence-corrected chi connectivity index (χ1v) is 7.49. The molecule has 0 fully saturated rings. The molecule has 0 aliphatic carbocycles. The topological polar surface area (TPSA) is 51.8 Å². The maximum absolute atomic E-state index is 5.96. The van der Waals surface area contributed by atoms with Crippen LogP contribution in [0.3, 0.4) is 0 Å². The fourth-order valence-electron chi connectivity index (χ4n) is 2.81. The van der Waals surface area contributed by atoms with Crippen LogP contribution in [0.5, 0.6) is 0 Å². The summed E-state index contributed by atoms with van der Waals surface area (Å²) in [5.41, 5.74) is 9.73. The van der Waals surface area contributed by atoms with Gasteiger partial charge in [-0.2, -0.15) is 0 Å². The van der Waals surface area contributed by atoms with Gasteiger partial charge >= 0.3 is 0 Å². The number of anilines is 1. The molecule has 0 aliphatic rings. The molecule has 0 radical (unpaired) electrons. The molecular formula is C20H16ClN3. The van der Waals surface area contributed by atoms with Crippen molar-refractivity contribution in [1.82, 2.24) is 9.97 Å². The van der Waals surface area contributed by atoms with Crippen LogP contribution in [0.15, 0.2) is 78.9 Å². The lowest BCUT2D eigenvalue weighted by Gasteiger charge is -2.09. The molecule has 0 atom stereocenters. The molecule has 0 saturated carbocycles. The molecule has 2 N–H and O–H groups in total. The van der Waals surface area contributed by atoms with E-state index >= 15 is 0 Å². The molecule has 118 valence electrons. The van der Waals surface area contributed by atoms with Crippen LogP contribution in [-0.4, -0.2) is 9.97 Å².